The van der Waals surface area contributed by atoms with E-state index in [0.717, 1.165) is 29.3 Å². The number of nitrogens with one attached hydrogen (secondary N) is 2. The molecule has 0 saturated carbocycles. The van der Waals surface area contributed by atoms with Crippen LogP contribution in [-0.4, -0.2) is 37.5 Å². The van der Waals surface area contributed by atoms with Crippen molar-refractivity contribution in [3.05, 3.63) is 71.7 Å². The van der Waals surface area contributed by atoms with Gasteiger partial charge in [0.2, 0.25) is 16.0 Å². The molecule has 1 aromatic heterocycles. The van der Waals surface area contributed by atoms with Gasteiger partial charge in [-0.25, -0.2) is 22.5 Å². The van der Waals surface area contributed by atoms with Crippen molar-refractivity contribution in [1.82, 2.24) is 14.7 Å². The van der Waals surface area contributed by atoms with Crippen LogP contribution in [0, 0.1) is 24.1 Å². The molecule has 1 aliphatic heterocycles. The largest absolute Gasteiger partial charge is 0.356 e. The van der Waals surface area contributed by atoms with E-state index in [1.54, 1.807) is 18.2 Å². The molecule has 8 nitrogen and oxygen atoms in total. The topological polar surface area (TPSA) is 111 Å². The monoisotopic (exact) mass is 466 g/mol. The first-order valence-corrected chi connectivity index (χ1v) is 12.0. The van der Waals surface area contributed by atoms with Gasteiger partial charge in [-0.15, -0.1) is 0 Å². The normalized spacial score (nSPS) is 14.6. The number of aryl methyl sites for hydroxylation is 1. The van der Waals surface area contributed by atoms with Gasteiger partial charge < -0.3 is 10.2 Å². The number of hydrogen-bond donors (Lipinski definition) is 2. The molecule has 33 heavy (non-hydrogen) atoms. The molecule has 2 heterocycles. The van der Waals surface area contributed by atoms with Crippen molar-refractivity contribution in [2.45, 2.75) is 30.7 Å². The van der Waals surface area contributed by atoms with Gasteiger partial charge in [0.05, 0.1) is 16.5 Å². The van der Waals surface area contributed by atoms with Gasteiger partial charge in [-0.3, -0.25) is 0 Å². The number of hydrogen-bond acceptors (Lipinski definition) is 7. The summed E-state index contributed by atoms with van der Waals surface area (Å²) >= 11 is 0. The van der Waals surface area contributed by atoms with Crippen LogP contribution in [0.15, 0.2) is 59.5 Å². The quantitative estimate of drug-likeness (QED) is 0.572. The predicted octanol–water partition coefficient (Wildman–Crippen LogP) is 3.49. The third-order valence-electron chi connectivity index (χ3n) is 5.35. The molecule has 0 atom stereocenters. The first-order chi connectivity index (χ1) is 15.8. The fourth-order valence-corrected chi connectivity index (χ4v) is 5.00. The predicted molar refractivity (Wildman–Crippen MR) is 123 cm³/mol. The second kappa shape index (κ2) is 9.52. The van der Waals surface area contributed by atoms with Crippen LogP contribution in [0.2, 0.25) is 0 Å². The van der Waals surface area contributed by atoms with Crippen LogP contribution in [0.25, 0.3) is 0 Å². The van der Waals surface area contributed by atoms with Crippen LogP contribution >= 0.6 is 0 Å². The number of anilines is 3. The molecule has 1 fully saturated rings. The Balaban J connectivity index is 1.41. The van der Waals surface area contributed by atoms with Crippen molar-refractivity contribution < 1.29 is 12.8 Å². The molecule has 0 amide bonds. The average molecular weight is 467 g/mol. The first kappa shape index (κ1) is 22.6. The summed E-state index contributed by atoms with van der Waals surface area (Å²) in [5.41, 5.74) is 2.05. The molecule has 0 unspecified atom stereocenters. The highest BCUT2D eigenvalue weighted by Crippen LogP contribution is 2.23. The molecular weight excluding hydrogens is 443 g/mol. The van der Waals surface area contributed by atoms with E-state index in [2.05, 4.69) is 31.0 Å². The molecule has 0 aliphatic carbocycles. The third-order valence-corrected chi connectivity index (χ3v) is 6.89. The van der Waals surface area contributed by atoms with Gasteiger partial charge in [-0.1, -0.05) is 6.07 Å². The van der Waals surface area contributed by atoms with E-state index in [1.807, 2.05) is 19.1 Å². The Morgan fingerprint density at radius 1 is 1.09 bits per heavy atom. The second-order valence-electron chi connectivity index (χ2n) is 7.85. The lowest BCUT2D eigenvalue weighted by Gasteiger charge is -2.33. The van der Waals surface area contributed by atoms with Gasteiger partial charge in [0.25, 0.3) is 0 Å². The van der Waals surface area contributed by atoms with Gasteiger partial charge in [0.1, 0.15) is 11.6 Å². The maximum absolute atomic E-state index is 13.1. The molecule has 0 bridgehead atoms. The van der Waals surface area contributed by atoms with Gasteiger partial charge >= 0.3 is 0 Å². The van der Waals surface area contributed by atoms with E-state index in [4.69, 9.17) is 5.26 Å². The molecule has 0 spiro atoms. The Morgan fingerprint density at radius 2 is 1.82 bits per heavy atom. The lowest BCUT2D eigenvalue weighted by molar-refractivity contribution is 0.458. The minimum atomic E-state index is -3.71. The molecule has 3 aromatic rings. The van der Waals surface area contributed by atoms with Crippen molar-refractivity contribution in [3.8, 4) is 6.07 Å². The number of nitrogens with zero attached hydrogens (tertiary/aromatic N) is 4. The number of rotatable bonds is 6. The fourth-order valence-electron chi connectivity index (χ4n) is 3.69. The number of sulfonamides is 1. The number of piperidine rings is 1. The van der Waals surface area contributed by atoms with Crippen LogP contribution in [0.3, 0.4) is 0 Å². The van der Waals surface area contributed by atoms with E-state index in [1.165, 1.54) is 12.1 Å². The van der Waals surface area contributed by atoms with Crippen LogP contribution < -0.4 is 14.9 Å². The number of aromatic nitrogens is 2. The Bertz CT molecular complexity index is 1280. The number of nitriles is 1. The van der Waals surface area contributed by atoms with E-state index in [9.17, 15) is 12.8 Å². The summed E-state index contributed by atoms with van der Waals surface area (Å²) in [6, 6.07) is 15.6. The SMILES string of the molecule is Cc1cc(N2CCC(NS(=O)(=O)c3ccc(F)cc3)CC2)nc(Nc2cccc(C#N)c2)n1. The van der Waals surface area contributed by atoms with Crippen LogP contribution in [0.1, 0.15) is 24.1 Å². The lowest BCUT2D eigenvalue weighted by atomic mass is 10.1. The summed E-state index contributed by atoms with van der Waals surface area (Å²) in [5.74, 6) is 0.703. The zero-order chi connectivity index (χ0) is 23.4. The van der Waals surface area contributed by atoms with Crippen LogP contribution in [0.5, 0.6) is 0 Å². The summed E-state index contributed by atoms with van der Waals surface area (Å²) in [6.45, 7) is 3.12. The number of benzene rings is 2. The first-order valence-electron chi connectivity index (χ1n) is 10.5. The smallest absolute Gasteiger partial charge is 0.240 e. The molecule has 1 saturated heterocycles. The fraction of sp³-hybridized carbons (Fsp3) is 0.261. The Hall–Kier alpha value is -3.55. The molecular formula is C23H23FN6O2S. The maximum atomic E-state index is 13.1. The van der Waals surface area contributed by atoms with Crippen molar-refractivity contribution in [3.63, 3.8) is 0 Å². The van der Waals surface area contributed by atoms with Crippen molar-refractivity contribution in [1.29, 1.82) is 5.26 Å². The van der Waals surface area contributed by atoms with Gasteiger partial charge in [-0.05, 0) is 62.2 Å². The van der Waals surface area contributed by atoms with E-state index < -0.39 is 15.8 Å². The summed E-state index contributed by atoms with van der Waals surface area (Å²) in [4.78, 5) is 11.2. The minimum Gasteiger partial charge on any atom is -0.356 e. The standard InChI is InChI=1S/C23H23FN6O2S/c1-16-13-22(28-23(26-16)27-20-4-2-3-17(14-20)15-25)30-11-9-19(10-12-30)29-33(31,32)21-7-5-18(24)6-8-21/h2-8,13-14,19,29H,9-12H2,1H3,(H,26,27,28). The number of halogens is 1. The van der Waals surface area contributed by atoms with E-state index >= 15 is 0 Å². The van der Waals surface area contributed by atoms with E-state index in [0.29, 0.717) is 37.4 Å². The van der Waals surface area contributed by atoms with Crippen molar-refractivity contribution >= 4 is 27.5 Å². The zero-order valence-corrected chi connectivity index (χ0v) is 18.8. The van der Waals surface area contributed by atoms with E-state index in [-0.39, 0.29) is 10.9 Å². The summed E-state index contributed by atoms with van der Waals surface area (Å²) in [7, 11) is -3.71. The highest BCUT2D eigenvalue weighted by molar-refractivity contribution is 7.89. The van der Waals surface area contributed by atoms with Crippen molar-refractivity contribution in [2.24, 2.45) is 0 Å². The van der Waals surface area contributed by atoms with Gasteiger partial charge in [0, 0.05) is 36.6 Å². The summed E-state index contributed by atoms with van der Waals surface area (Å²) in [6.07, 6.45) is 1.22. The minimum absolute atomic E-state index is 0.0499. The highest BCUT2D eigenvalue weighted by Gasteiger charge is 2.25. The van der Waals surface area contributed by atoms with Gasteiger partial charge in [-0.2, -0.15) is 10.2 Å². The molecule has 2 N–H and O–H groups in total. The second-order valence-corrected chi connectivity index (χ2v) is 9.56. The molecule has 0 radical (unpaired) electrons. The molecule has 4 rings (SSSR count). The van der Waals surface area contributed by atoms with Crippen LogP contribution in [0.4, 0.5) is 21.8 Å². The summed E-state index contributed by atoms with van der Waals surface area (Å²) < 4.78 is 41.0. The molecule has 10 heteroatoms. The molecule has 2 aromatic carbocycles. The molecule has 170 valence electrons. The Morgan fingerprint density at radius 3 is 2.52 bits per heavy atom. The average Bonchev–Trinajstić information content (AvgIpc) is 2.79. The highest BCUT2D eigenvalue weighted by atomic mass is 32.2. The maximum Gasteiger partial charge on any atom is 0.240 e. The molecule has 1 aliphatic rings. The van der Waals surface area contributed by atoms with Crippen LogP contribution in [-0.2, 0) is 10.0 Å². The van der Waals surface area contributed by atoms with Crippen molar-refractivity contribution in [2.75, 3.05) is 23.3 Å². The third kappa shape index (κ3) is 5.63. The van der Waals surface area contributed by atoms with Gasteiger partial charge in [0.15, 0.2) is 0 Å². The Kier molecular flexibility index (Phi) is 6.53. The Labute approximate surface area is 192 Å². The zero-order valence-electron chi connectivity index (χ0n) is 18.0. The lowest BCUT2D eigenvalue weighted by Crippen LogP contribution is -2.44. The summed E-state index contributed by atoms with van der Waals surface area (Å²) in [5, 5.41) is 12.2.